The molecule has 1 aliphatic rings. The third kappa shape index (κ3) is 3.42. The van der Waals surface area contributed by atoms with E-state index in [9.17, 15) is 0 Å². The predicted molar refractivity (Wildman–Crippen MR) is 78.4 cm³/mol. The van der Waals surface area contributed by atoms with E-state index in [1.165, 1.54) is 43.7 Å². The minimum absolute atomic E-state index is 0.620. The molecule has 1 aromatic carbocycles. The Morgan fingerprint density at radius 2 is 2.17 bits per heavy atom. The average molecular weight is 265 g/mol. The van der Waals surface area contributed by atoms with E-state index < -0.39 is 0 Å². The lowest BCUT2D eigenvalue weighted by Gasteiger charge is -2.35. The molecule has 0 bridgehead atoms. The van der Waals surface area contributed by atoms with Crippen LogP contribution in [-0.2, 0) is 0 Å². The van der Waals surface area contributed by atoms with Gasteiger partial charge in [-0.05, 0) is 50.9 Å². The van der Waals surface area contributed by atoms with Crippen molar-refractivity contribution in [2.75, 3.05) is 20.2 Å². The van der Waals surface area contributed by atoms with Crippen molar-refractivity contribution < 1.29 is 4.74 Å². The molecule has 0 spiro atoms. The highest BCUT2D eigenvalue weighted by Gasteiger charge is 2.23. The molecule has 1 atom stereocenters. The number of para-hydroxylation sites is 1. The van der Waals surface area contributed by atoms with Crippen LogP contribution >= 0.6 is 11.8 Å². The minimum atomic E-state index is 0.620. The van der Waals surface area contributed by atoms with Gasteiger partial charge in [0.25, 0.3) is 0 Å². The Labute approximate surface area is 115 Å². The van der Waals surface area contributed by atoms with Gasteiger partial charge < -0.3 is 4.74 Å². The van der Waals surface area contributed by atoms with Crippen molar-refractivity contribution in [1.29, 1.82) is 0 Å². The van der Waals surface area contributed by atoms with Gasteiger partial charge >= 0.3 is 0 Å². The van der Waals surface area contributed by atoms with E-state index in [1.54, 1.807) is 7.11 Å². The van der Waals surface area contributed by atoms with Crippen LogP contribution in [0, 0.1) is 0 Å². The summed E-state index contributed by atoms with van der Waals surface area (Å²) in [5.74, 6) is 1.00. The second kappa shape index (κ2) is 7.05. The van der Waals surface area contributed by atoms with Crippen LogP contribution in [0.4, 0.5) is 0 Å². The molecular weight excluding hydrogens is 242 g/mol. The number of piperidine rings is 1. The number of rotatable bonds is 5. The fourth-order valence-electron chi connectivity index (χ4n) is 2.50. The maximum Gasteiger partial charge on any atom is 0.132 e. The maximum absolute atomic E-state index is 5.44. The summed E-state index contributed by atoms with van der Waals surface area (Å²) in [4.78, 5) is 3.90. The van der Waals surface area contributed by atoms with Gasteiger partial charge in [0.1, 0.15) is 5.75 Å². The average Bonchev–Trinajstić information content (AvgIpc) is 2.42. The first-order chi connectivity index (χ1) is 8.85. The van der Waals surface area contributed by atoms with E-state index >= 15 is 0 Å². The number of ether oxygens (including phenoxy) is 1. The summed E-state index contributed by atoms with van der Waals surface area (Å²) in [6, 6.07) is 8.35. The Kier molecular flexibility index (Phi) is 5.39. The topological polar surface area (TPSA) is 12.5 Å². The van der Waals surface area contributed by atoms with E-state index in [2.05, 4.69) is 30.0 Å². The molecule has 0 N–H and O–H groups in total. The lowest BCUT2D eigenvalue weighted by Crippen LogP contribution is -2.37. The Bertz CT molecular complexity index is 367. The van der Waals surface area contributed by atoms with Crippen LogP contribution in [0.3, 0.4) is 0 Å². The molecule has 0 saturated carbocycles. The van der Waals surface area contributed by atoms with Gasteiger partial charge in [0.15, 0.2) is 0 Å². The zero-order valence-electron chi connectivity index (χ0n) is 11.4. The largest absolute Gasteiger partial charge is 0.496 e. The van der Waals surface area contributed by atoms with Crippen molar-refractivity contribution >= 4 is 11.8 Å². The van der Waals surface area contributed by atoms with Gasteiger partial charge in [-0.15, -0.1) is 11.8 Å². The molecule has 18 heavy (non-hydrogen) atoms. The maximum atomic E-state index is 5.44. The molecule has 1 heterocycles. The molecule has 1 aromatic rings. The molecule has 1 saturated heterocycles. The molecule has 2 rings (SSSR count). The van der Waals surface area contributed by atoms with Crippen LogP contribution in [0.25, 0.3) is 0 Å². The number of hydrogen-bond donors (Lipinski definition) is 0. The van der Waals surface area contributed by atoms with Crippen LogP contribution in [0.2, 0.25) is 0 Å². The van der Waals surface area contributed by atoms with Crippen molar-refractivity contribution in [1.82, 2.24) is 4.90 Å². The van der Waals surface area contributed by atoms with Crippen LogP contribution in [0.1, 0.15) is 32.6 Å². The summed E-state index contributed by atoms with van der Waals surface area (Å²) in [6.07, 6.45) is 5.24. The van der Waals surface area contributed by atoms with E-state index in [0.29, 0.717) is 5.37 Å². The first kappa shape index (κ1) is 13.8. The monoisotopic (exact) mass is 265 g/mol. The van der Waals surface area contributed by atoms with Crippen molar-refractivity contribution in [3.63, 3.8) is 0 Å². The fourth-order valence-corrected chi connectivity index (χ4v) is 3.86. The van der Waals surface area contributed by atoms with Gasteiger partial charge in [0, 0.05) is 0 Å². The highest BCUT2D eigenvalue weighted by Crippen LogP contribution is 2.37. The van der Waals surface area contributed by atoms with Crippen molar-refractivity contribution in [2.24, 2.45) is 0 Å². The molecule has 3 heteroatoms. The van der Waals surface area contributed by atoms with Crippen LogP contribution in [0.15, 0.2) is 29.2 Å². The Morgan fingerprint density at radius 3 is 2.94 bits per heavy atom. The van der Waals surface area contributed by atoms with Gasteiger partial charge in [-0.2, -0.15) is 0 Å². The summed E-state index contributed by atoms with van der Waals surface area (Å²) >= 11 is 1.96. The third-order valence-electron chi connectivity index (χ3n) is 3.40. The third-order valence-corrected chi connectivity index (χ3v) is 4.79. The number of benzene rings is 1. The normalized spacial score (nSPS) is 20.9. The van der Waals surface area contributed by atoms with Gasteiger partial charge in [0.05, 0.1) is 17.4 Å². The van der Waals surface area contributed by atoms with Gasteiger partial charge in [0.2, 0.25) is 0 Å². The van der Waals surface area contributed by atoms with Crippen molar-refractivity contribution in [2.45, 2.75) is 42.9 Å². The molecule has 1 unspecified atom stereocenters. The fraction of sp³-hybridized carbons (Fsp3) is 0.600. The summed E-state index contributed by atoms with van der Waals surface area (Å²) in [6.45, 7) is 4.73. The zero-order valence-corrected chi connectivity index (χ0v) is 12.2. The quantitative estimate of drug-likeness (QED) is 0.798. The number of thioether (sulfide) groups is 1. The van der Waals surface area contributed by atoms with Gasteiger partial charge in [-0.3, -0.25) is 4.90 Å². The molecule has 1 aliphatic heterocycles. The summed E-state index contributed by atoms with van der Waals surface area (Å²) in [5, 5.41) is 0.620. The standard InChI is InChI=1S/C15H23NOS/c1-3-11-16-12-7-6-10-15(16)18-14-9-5-4-8-13(14)17-2/h4-5,8-9,15H,3,6-7,10-12H2,1-2H3. The molecule has 0 aromatic heterocycles. The number of likely N-dealkylation sites (tertiary alicyclic amines) is 1. The van der Waals surface area contributed by atoms with E-state index in [1.807, 2.05) is 17.8 Å². The first-order valence-electron chi connectivity index (χ1n) is 6.89. The lowest BCUT2D eigenvalue weighted by atomic mass is 10.1. The Hall–Kier alpha value is -0.670. The predicted octanol–water partition coefficient (Wildman–Crippen LogP) is 4.01. The molecule has 2 nitrogen and oxygen atoms in total. The number of hydrogen-bond acceptors (Lipinski definition) is 3. The highest BCUT2D eigenvalue weighted by atomic mass is 32.2. The van der Waals surface area contributed by atoms with E-state index in [4.69, 9.17) is 4.74 Å². The van der Waals surface area contributed by atoms with Crippen LogP contribution < -0.4 is 4.74 Å². The Balaban J connectivity index is 2.05. The molecule has 0 radical (unpaired) electrons. The summed E-state index contributed by atoms with van der Waals surface area (Å²) < 4.78 is 5.44. The molecule has 100 valence electrons. The van der Waals surface area contributed by atoms with E-state index in [0.717, 1.165) is 5.75 Å². The van der Waals surface area contributed by atoms with Crippen molar-refractivity contribution in [3.8, 4) is 5.75 Å². The summed E-state index contributed by atoms with van der Waals surface area (Å²) in [5.41, 5.74) is 0. The molecule has 0 aliphatic carbocycles. The molecule has 0 amide bonds. The van der Waals surface area contributed by atoms with Crippen LogP contribution in [0.5, 0.6) is 5.75 Å². The zero-order chi connectivity index (χ0) is 12.8. The molecule has 1 fully saturated rings. The van der Waals surface area contributed by atoms with Gasteiger partial charge in [-0.25, -0.2) is 0 Å². The second-order valence-corrected chi connectivity index (χ2v) is 5.97. The second-order valence-electron chi connectivity index (χ2n) is 4.76. The van der Waals surface area contributed by atoms with Crippen molar-refractivity contribution in [3.05, 3.63) is 24.3 Å². The van der Waals surface area contributed by atoms with Gasteiger partial charge in [-0.1, -0.05) is 19.1 Å². The summed E-state index contributed by atoms with van der Waals surface area (Å²) in [7, 11) is 1.75. The lowest BCUT2D eigenvalue weighted by molar-refractivity contribution is 0.206. The highest BCUT2D eigenvalue weighted by molar-refractivity contribution is 8.00. The SMILES string of the molecule is CCCN1CCCCC1Sc1ccccc1OC. The van der Waals surface area contributed by atoms with Crippen LogP contribution in [-0.4, -0.2) is 30.5 Å². The Morgan fingerprint density at radius 1 is 1.33 bits per heavy atom. The number of methoxy groups -OCH3 is 1. The van der Waals surface area contributed by atoms with E-state index in [-0.39, 0.29) is 0 Å². The minimum Gasteiger partial charge on any atom is -0.496 e. The molecular formula is C15H23NOS. The number of nitrogens with zero attached hydrogens (tertiary/aromatic N) is 1. The smallest absolute Gasteiger partial charge is 0.132 e. The first-order valence-corrected chi connectivity index (χ1v) is 7.77.